The lowest BCUT2D eigenvalue weighted by atomic mass is 9.82. The van der Waals surface area contributed by atoms with Crippen LogP contribution in [0.1, 0.15) is 42.1 Å². The molecular formula is C25H27F2N3O3. The van der Waals surface area contributed by atoms with Crippen molar-refractivity contribution >= 4 is 22.9 Å². The van der Waals surface area contributed by atoms with Crippen molar-refractivity contribution in [3.8, 4) is 5.75 Å². The molecule has 0 bridgehead atoms. The highest BCUT2D eigenvalue weighted by Crippen LogP contribution is 2.44. The number of hydrogen-bond donors (Lipinski definition) is 2. The molecule has 2 heterocycles. The minimum absolute atomic E-state index is 0.0686. The predicted molar refractivity (Wildman–Crippen MR) is 123 cm³/mol. The number of ether oxygens (including phenoxy) is 1. The zero-order valence-electron chi connectivity index (χ0n) is 18.8. The van der Waals surface area contributed by atoms with Crippen molar-refractivity contribution in [2.45, 2.75) is 38.0 Å². The van der Waals surface area contributed by atoms with Crippen LogP contribution >= 0.6 is 0 Å². The lowest BCUT2D eigenvalue weighted by Crippen LogP contribution is -2.49. The molecule has 0 amide bonds. The van der Waals surface area contributed by atoms with Gasteiger partial charge in [-0.25, -0.2) is 13.6 Å². The second-order valence-electron chi connectivity index (χ2n) is 8.81. The Bertz CT molecular complexity index is 1200. The Kier molecular flexibility index (Phi) is 6.21. The van der Waals surface area contributed by atoms with E-state index < -0.39 is 18.3 Å². The van der Waals surface area contributed by atoms with Gasteiger partial charge in [-0.3, -0.25) is 10.00 Å². The van der Waals surface area contributed by atoms with Crippen LogP contribution in [-0.4, -0.2) is 58.2 Å². The van der Waals surface area contributed by atoms with Crippen molar-refractivity contribution in [3.63, 3.8) is 0 Å². The van der Waals surface area contributed by atoms with Crippen LogP contribution in [0.2, 0.25) is 0 Å². The zero-order valence-corrected chi connectivity index (χ0v) is 18.8. The van der Waals surface area contributed by atoms with Gasteiger partial charge in [-0.2, -0.15) is 5.10 Å². The fraction of sp³-hybridized carbons (Fsp3) is 0.360. The average Bonchev–Trinajstić information content (AvgIpc) is 3.27. The molecule has 0 aliphatic carbocycles. The lowest BCUT2D eigenvalue weighted by molar-refractivity contribution is -0.131. The second-order valence-corrected chi connectivity index (χ2v) is 8.81. The lowest BCUT2D eigenvalue weighted by Gasteiger charge is -2.44. The molecule has 1 aliphatic rings. The first-order valence-electron chi connectivity index (χ1n) is 10.8. The van der Waals surface area contributed by atoms with Gasteiger partial charge in [0.15, 0.2) is 0 Å². The van der Waals surface area contributed by atoms with E-state index in [1.807, 2.05) is 30.0 Å². The van der Waals surface area contributed by atoms with E-state index in [1.165, 1.54) is 13.0 Å². The maximum Gasteiger partial charge on any atom is 0.328 e. The summed E-state index contributed by atoms with van der Waals surface area (Å²) in [6, 6.07) is 8.92. The van der Waals surface area contributed by atoms with Crippen molar-refractivity contribution in [1.29, 1.82) is 0 Å². The molecule has 2 N–H and O–H groups in total. The average molecular weight is 456 g/mol. The number of hydrogen-bond acceptors (Lipinski definition) is 4. The van der Waals surface area contributed by atoms with E-state index >= 15 is 0 Å². The normalized spacial score (nSPS) is 20.6. The third-order valence-electron chi connectivity index (χ3n) is 6.23. The minimum atomic E-state index is -2.00. The van der Waals surface area contributed by atoms with E-state index in [0.717, 1.165) is 33.7 Å². The maximum absolute atomic E-state index is 14.9. The number of fused-ring (bicyclic) bond motifs is 3. The quantitative estimate of drug-likeness (QED) is 0.505. The van der Waals surface area contributed by atoms with E-state index in [4.69, 9.17) is 9.84 Å². The molecule has 2 aromatic carbocycles. The predicted octanol–water partition coefficient (Wildman–Crippen LogP) is 4.70. The number of alkyl halides is 2. The summed E-state index contributed by atoms with van der Waals surface area (Å²) in [5, 5.41) is 17.1. The molecule has 4 rings (SSSR count). The highest BCUT2D eigenvalue weighted by atomic mass is 19.2. The largest absolute Gasteiger partial charge is 0.496 e. The Labute approximate surface area is 190 Å². The number of carboxylic acids is 1. The SMILES string of the molecule is COc1cc(/C=C/C(=O)O)ccc1[C@@H]1c2ccc3[nH]ncc3c2C[C@@H](C)N1CC(C)(F)CF. The molecule has 3 atom stereocenters. The number of aliphatic carboxylic acids is 1. The van der Waals surface area contributed by atoms with Crippen molar-refractivity contribution in [3.05, 3.63) is 64.9 Å². The highest BCUT2D eigenvalue weighted by Gasteiger charge is 2.40. The number of carbonyl (C=O) groups is 1. The number of nitrogens with one attached hydrogen (secondary N) is 1. The number of aromatic nitrogens is 2. The Balaban J connectivity index is 1.89. The molecule has 33 heavy (non-hydrogen) atoms. The van der Waals surface area contributed by atoms with E-state index in [1.54, 1.807) is 25.4 Å². The molecular weight excluding hydrogens is 428 g/mol. The summed E-state index contributed by atoms with van der Waals surface area (Å²) in [5.41, 5.74) is 2.50. The Morgan fingerprint density at radius 3 is 2.82 bits per heavy atom. The number of nitrogens with zero attached hydrogens (tertiary/aromatic N) is 2. The molecule has 0 spiro atoms. The fourth-order valence-electron chi connectivity index (χ4n) is 4.66. The van der Waals surface area contributed by atoms with Crippen molar-refractivity contribution < 1.29 is 23.4 Å². The van der Waals surface area contributed by atoms with Crippen LogP contribution in [0.25, 0.3) is 17.0 Å². The number of halogens is 2. The molecule has 0 radical (unpaired) electrons. The van der Waals surface area contributed by atoms with Gasteiger partial charge in [0.25, 0.3) is 0 Å². The van der Waals surface area contributed by atoms with Gasteiger partial charge in [0, 0.05) is 29.6 Å². The van der Waals surface area contributed by atoms with Crippen LogP contribution in [0, 0.1) is 0 Å². The number of rotatable bonds is 7. The van der Waals surface area contributed by atoms with Gasteiger partial charge >= 0.3 is 5.97 Å². The van der Waals surface area contributed by atoms with Crippen LogP contribution < -0.4 is 4.74 Å². The molecule has 0 saturated heterocycles. The van der Waals surface area contributed by atoms with Gasteiger partial charge in [0.05, 0.1) is 24.9 Å². The number of methoxy groups -OCH3 is 1. The zero-order chi connectivity index (χ0) is 23.8. The van der Waals surface area contributed by atoms with Gasteiger partial charge in [-0.1, -0.05) is 18.2 Å². The van der Waals surface area contributed by atoms with E-state index in [9.17, 15) is 13.6 Å². The molecule has 1 unspecified atom stereocenters. The summed E-state index contributed by atoms with van der Waals surface area (Å²) in [6.07, 6.45) is 5.02. The maximum atomic E-state index is 14.9. The van der Waals surface area contributed by atoms with Crippen LogP contribution in [0.4, 0.5) is 8.78 Å². The van der Waals surface area contributed by atoms with E-state index in [0.29, 0.717) is 17.7 Å². The molecule has 3 aromatic rings. The molecule has 8 heteroatoms. The third kappa shape index (κ3) is 4.48. The summed E-state index contributed by atoms with van der Waals surface area (Å²) in [4.78, 5) is 12.9. The van der Waals surface area contributed by atoms with Crippen LogP contribution in [0.15, 0.2) is 42.6 Å². The summed E-state index contributed by atoms with van der Waals surface area (Å²) in [5.74, 6) is -0.498. The van der Waals surface area contributed by atoms with Crippen LogP contribution in [0.5, 0.6) is 5.75 Å². The molecule has 0 fully saturated rings. The third-order valence-corrected chi connectivity index (χ3v) is 6.23. The van der Waals surface area contributed by atoms with E-state index in [-0.39, 0.29) is 18.6 Å². The first kappa shape index (κ1) is 22.9. The molecule has 1 aromatic heterocycles. The molecule has 6 nitrogen and oxygen atoms in total. The van der Waals surface area contributed by atoms with Crippen molar-refractivity contribution in [2.24, 2.45) is 0 Å². The highest BCUT2D eigenvalue weighted by molar-refractivity contribution is 5.85. The number of aromatic amines is 1. The van der Waals surface area contributed by atoms with Gasteiger partial charge in [0.1, 0.15) is 18.1 Å². The summed E-state index contributed by atoms with van der Waals surface area (Å²) in [7, 11) is 1.54. The Morgan fingerprint density at radius 1 is 1.36 bits per heavy atom. The van der Waals surface area contributed by atoms with Gasteiger partial charge in [-0.05, 0) is 55.2 Å². The molecule has 174 valence electrons. The topological polar surface area (TPSA) is 78.5 Å². The van der Waals surface area contributed by atoms with Crippen molar-refractivity contribution in [1.82, 2.24) is 15.1 Å². The fourth-order valence-corrected chi connectivity index (χ4v) is 4.66. The number of benzene rings is 2. The smallest absolute Gasteiger partial charge is 0.328 e. The first-order chi connectivity index (χ1) is 15.7. The molecule has 0 saturated carbocycles. The number of H-pyrrole nitrogens is 1. The summed E-state index contributed by atoms with van der Waals surface area (Å²) in [6.45, 7) is 2.14. The van der Waals surface area contributed by atoms with Gasteiger partial charge in [-0.15, -0.1) is 0 Å². The second kappa shape index (κ2) is 8.94. The number of carboxylic acid groups (broad SMARTS) is 1. The van der Waals surface area contributed by atoms with Gasteiger partial charge < -0.3 is 9.84 Å². The summed E-state index contributed by atoms with van der Waals surface area (Å²) < 4.78 is 34.1. The monoisotopic (exact) mass is 455 g/mol. The van der Waals surface area contributed by atoms with Crippen LogP contribution in [0.3, 0.4) is 0 Å². The molecule has 1 aliphatic heterocycles. The Morgan fingerprint density at radius 2 is 2.12 bits per heavy atom. The summed E-state index contributed by atoms with van der Waals surface area (Å²) >= 11 is 0. The Hall–Kier alpha value is -3.26. The first-order valence-corrected chi connectivity index (χ1v) is 10.8. The minimum Gasteiger partial charge on any atom is -0.496 e. The standard InChI is InChI=1S/C25H27F2N3O3/c1-15-10-19-17(7-8-21-20(19)12-28-29-21)24(30(15)14-25(2,27)13-26)18-6-4-16(5-9-23(31)32)11-22(18)33-3/h4-9,11-12,15,24H,10,13-14H2,1-3H3,(H,28,29)(H,31,32)/b9-5+/t15-,24+,25?/m1/s1. The van der Waals surface area contributed by atoms with Gasteiger partial charge in [0.2, 0.25) is 0 Å². The van der Waals surface area contributed by atoms with E-state index in [2.05, 4.69) is 10.2 Å². The van der Waals surface area contributed by atoms with Crippen molar-refractivity contribution in [2.75, 3.05) is 20.3 Å². The van der Waals surface area contributed by atoms with Crippen LogP contribution in [-0.2, 0) is 11.2 Å².